The molecule has 7 heteroatoms. The Bertz CT molecular complexity index is 912. The van der Waals surface area contributed by atoms with Gasteiger partial charge in [-0.2, -0.15) is 0 Å². The molecular formula is C18H22N4O2S. The Labute approximate surface area is 147 Å². The maximum absolute atomic E-state index is 12.5. The second kappa shape index (κ2) is 5.64. The van der Waals surface area contributed by atoms with E-state index in [0.717, 1.165) is 12.8 Å². The van der Waals surface area contributed by atoms with E-state index in [9.17, 15) is 8.42 Å². The van der Waals surface area contributed by atoms with E-state index >= 15 is 0 Å². The maximum Gasteiger partial charge on any atom is 0.267 e. The fraction of sp³-hybridized carbons (Fsp3) is 0.556. The quantitative estimate of drug-likeness (QED) is 0.855. The first-order chi connectivity index (χ1) is 12.1. The Morgan fingerprint density at radius 2 is 1.72 bits per heavy atom. The number of aromatic amines is 1. The number of nitrogens with one attached hydrogen (secondary N) is 2. The zero-order valence-corrected chi connectivity index (χ0v) is 15.0. The summed E-state index contributed by atoms with van der Waals surface area (Å²) in [6.07, 6.45) is 7.69. The number of nitrogens with zero attached hydrogens (tertiary/aromatic N) is 2. The Hall–Kier alpha value is -1.73. The normalized spacial score (nSPS) is 19.7. The van der Waals surface area contributed by atoms with Crippen molar-refractivity contribution in [2.45, 2.75) is 55.4 Å². The van der Waals surface area contributed by atoms with Crippen LogP contribution in [0.2, 0.25) is 0 Å². The van der Waals surface area contributed by atoms with Crippen molar-refractivity contribution in [2.24, 2.45) is 0 Å². The molecule has 2 heterocycles. The van der Waals surface area contributed by atoms with E-state index in [2.05, 4.69) is 26.6 Å². The van der Waals surface area contributed by atoms with Crippen molar-refractivity contribution >= 4 is 9.84 Å². The van der Waals surface area contributed by atoms with Gasteiger partial charge in [0, 0.05) is 19.5 Å². The molecule has 1 fully saturated rings. The average molecular weight is 358 g/mol. The van der Waals surface area contributed by atoms with Gasteiger partial charge in [0.05, 0.1) is 5.25 Å². The van der Waals surface area contributed by atoms with Crippen LogP contribution in [-0.4, -0.2) is 41.9 Å². The molecule has 0 saturated carbocycles. The second-order valence-corrected chi connectivity index (χ2v) is 9.53. The number of benzene rings is 1. The van der Waals surface area contributed by atoms with Crippen LogP contribution in [-0.2, 0) is 41.9 Å². The van der Waals surface area contributed by atoms with E-state index in [1.807, 2.05) is 0 Å². The summed E-state index contributed by atoms with van der Waals surface area (Å²) in [5.74, 6) is 0.667. The summed E-state index contributed by atoms with van der Waals surface area (Å²) in [4.78, 5) is 4.35. The highest BCUT2D eigenvalue weighted by Crippen LogP contribution is 2.36. The first-order valence-corrected chi connectivity index (χ1v) is 10.7. The highest BCUT2D eigenvalue weighted by atomic mass is 32.2. The molecule has 0 bridgehead atoms. The summed E-state index contributed by atoms with van der Waals surface area (Å²) in [5, 5.41) is 9.47. The van der Waals surface area contributed by atoms with Crippen molar-refractivity contribution in [3.63, 3.8) is 0 Å². The van der Waals surface area contributed by atoms with Crippen LogP contribution in [0.25, 0.3) is 0 Å². The van der Waals surface area contributed by atoms with E-state index in [1.54, 1.807) is 0 Å². The molecule has 0 radical (unpaired) electrons. The van der Waals surface area contributed by atoms with Gasteiger partial charge in [0.15, 0.2) is 0 Å². The molecule has 2 N–H and O–H groups in total. The molecule has 1 aromatic heterocycles. The SMILES string of the molecule is O=S(=O)(c1n[nH]c(Cc2c3c(cc4c2CCC4)CCC3)n1)C1CNC1. The van der Waals surface area contributed by atoms with Gasteiger partial charge in [0.1, 0.15) is 5.82 Å². The predicted molar refractivity (Wildman–Crippen MR) is 93.5 cm³/mol. The molecule has 132 valence electrons. The molecule has 3 aliphatic rings. The van der Waals surface area contributed by atoms with Crippen LogP contribution in [0.1, 0.15) is 46.5 Å². The van der Waals surface area contributed by atoms with Gasteiger partial charge in [0.2, 0.25) is 9.84 Å². The minimum Gasteiger partial charge on any atom is -0.314 e. The highest BCUT2D eigenvalue weighted by Gasteiger charge is 2.35. The molecule has 0 amide bonds. The second-order valence-electron chi connectivity index (χ2n) is 7.40. The van der Waals surface area contributed by atoms with Crippen LogP contribution >= 0.6 is 0 Å². The van der Waals surface area contributed by atoms with Crippen LogP contribution in [0.15, 0.2) is 11.2 Å². The van der Waals surface area contributed by atoms with Gasteiger partial charge in [-0.05, 0) is 66.3 Å². The number of fused-ring (bicyclic) bond motifs is 2. The molecule has 1 aliphatic heterocycles. The third kappa shape index (κ3) is 2.44. The van der Waals surface area contributed by atoms with E-state index < -0.39 is 9.84 Å². The molecular weight excluding hydrogens is 336 g/mol. The zero-order valence-electron chi connectivity index (χ0n) is 14.1. The lowest BCUT2D eigenvalue weighted by atomic mass is 9.92. The van der Waals surface area contributed by atoms with Gasteiger partial charge in [-0.3, -0.25) is 5.10 Å². The van der Waals surface area contributed by atoms with Crippen molar-refractivity contribution in [1.29, 1.82) is 0 Å². The van der Waals surface area contributed by atoms with Gasteiger partial charge in [-0.15, -0.1) is 5.10 Å². The summed E-state index contributed by atoms with van der Waals surface area (Å²) >= 11 is 0. The van der Waals surface area contributed by atoms with Gasteiger partial charge in [0.25, 0.3) is 5.16 Å². The van der Waals surface area contributed by atoms with Gasteiger partial charge in [-0.25, -0.2) is 13.4 Å². The minimum atomic E-state index is -3.41. The number of rotatable bonds is 4. The molecule has 25 heavy (non-hydrogen) atoms. The topological polar surface area (TPSA) is 87.7 Å². The largest absolute Gasteiger partial charge is 0.314 e. The highest BCUT2D eigenvalue weighted by molar-refractivity contribution is 7.92. The lowest BCUT2D eigenvalue weighted by Gasteiger charge is -2.25. The van der Waals surface area contributed by atoms with Crippen molar-refractivity contribution in [1.82, 2.24) is 20.5 Å². The first kappa shape index (κ1) is 15.5. The molecule has 1 saturated heterocycles. The monoisotopic (exact) mass is 358 g/mol. The van der Waals surface area contributed by atoms with Crippen LogP contribution in [0.3, 0.4) is 0 Å². The van der Waals surface area contributed by atoms with Crippen molar-refractivity contribution < 1.29 is 8.42 Å². The van der Waals surface area contributed by atoms with Crippen LogP contribution in [0.4, 0.5) is 0 Å². The maximum atomic E-state index is 12.5. The van der Waals surface area contributed by atoms with Gasteiger partial charge >= 0.3 is 0 Å². The zero-order chi connectivity index (χ0) is 17.0. The predicted octanol–water partition coefficient (Wildman–Crippen LogP) is 1.12. The average Bonchev–Trinajstić information content (AvgIpc) is 3.24. The van der Waals surface area contributed by atoms with Crippen molar-refractivity contribution in [3.8, 4) is 0 Å². The third-order valence-electron chi connectivity index (χ3n) is 5.89. The van der Waals surface area contributed by atoms with E-state index in [1.165, 1.54) is 53.5 Å². The molecule has 1 aromatic carbocycles. The number of aromatic nitrogens is 3. The third-order valence-corrected chi connectivity index (χ3v) is 7.79. The summed E-state index contributed by atoms with van der Waals surface area (Å²) in [6, 6.07) is 2.41. The van der Waals surface area contributed by atoms with Gasteiger partial charge in [-0.1, -0.05) is 6.07 Å². The van der Waals surface area contributed by atoms with Crippen molar-refractivity contribution in [3.05, 3.63) is 39.7 Å². The minimum absolute atomic E-state index is 0.0433. The van der Waals surface area contributed by atoms with Gasteiger partial charge < -0.3 is 5.32 Å². The Kier molecular flexibility index (Phi) is 3.50. The smallest absolute Gasteiger partial charge is 0.267 e. The van der Waals surface area contributed by atoms with E-state index in [-0.39, 0.29) is 10.4 Å². The Morgan fingerprint density at radius 3 is 2.32 bits per heavy atom. The Morgan fingerprint density at radius 1 is 1.04 bits per heavy atom. The van der Waals surface area contributed by atoms with Crippen molar-refractivity contribution in [2.75, 3.05) is 13.1 Å². The number of H-pyrrole nitrogens is 1. The molecule has 6 nitrogen and oxygen atoms in total. The fourth-order valence-electron chi connectivity index (χ4n) is 4.43. The van der Waals surface area contributed by atoms with Crippen LogP contribution in [0.5, 0.6) is 0 Å². The molecule has 2 aromatic rings. The van der Waals surface area contributed by atoms with E-state index in [4.69, 9.17) is 0 Å². The lowest BCUT2D eigenvalue weighted by Crippen LogP contribution is -2.51. The summed E-state index contributed by atoms with van der Waals surface area (Å²) in [7, 11) is -3.41. The number of aryl methyl sites for hydroxylation is 2. The molecule has 0 spiro atoms. The molecule has 5 rings (SSSR count). The number of hydrogen-bond acceptors (Lipinski definition) is 5. The summed E-state index contributed by atoms with van der Waals surface area (Å²) < 4.78 is 24.9. The number of hydrogen-bond donors (Lipinski definition) is 2. The van der Waals surface area contributed by atoms with Crippen LogP contribution < -0.4 is 5.32 Å². The Balaban J connectivity index is 1.49. The molecule has 0 unspecified atom stereocenters. The standard InChI is InChI=1S/C18H22N4O2S/c23-25(24,13-9-19-10-13)18-20-17(21-22-18)8-16-14-5-1-3-11(14)7-12-4-2-6-15(12)16/h7,13,19H,1-6,8-10H2,(H,20,21,22). The summed E-state index contributed by atoms with van der Waals surface area (Å²) in [5.41, 5.74) is 7.31. The first-order valence-electron chi connectivity index (χ1n) is 9.14. The molecule has 0 atom stereocenters. The molecule has 2 aliphatic carbocycles. The van der Waals surface area contributed by atoms with Crippen LogP contribution in [0, 0.1) is 0 Å². The lowest BCUT2D eigenvalue weighted by molar-refractivity contribution is 0.491. The summed E-state index contributed by atoms with van der Waals surface area (Å²) in [6.45, 7) is 0.984. The number of sulfone groups is 1. The fourth-order valence-corrected chi connectivity index (χ4v) is 5.81. The van der Waals surface area contributed by atoms with E-state index in [0.29, 0.717) is 25.3 Å².